The minimum absolute atomic E-state index is 0.533. The van der Waals surface area contributed by atoms with E-state index in [2.05, 4.69) is 29.2 Å². The SMILES string of the molecule is CCCOc1nc(NCCN(C)C2CCCC2)ccc1N. The Morgan fingerprint density at radius 3 is 2.86 bits per heavy atom. The fourth-order valence-electron chi connectivity index (χ4n) is 2.75. The first kappa shape index (κ1) is 15.9. The second-order valence-corrected chi connectivity index (χ2v) is 5.78. The van der Waals surface area contributed by atoms with Crippen molar-refractivity contribution in [3.05, 3.63) is 12.1 Å². The van der Waals surface area contributed by atoms with Crippen LogP contribution in [0.1, 0.15) is 39.0 Å². The largest absolute Gasteiger partial charge is 0.476 e. The van der Waals surface area contributed by atoms with Gasteiger partial charge in [-0.1, -0.05) is 19.8 Å². The third-order valence-electron chi connectivity index (χ3n) is 4.05. The third-order valence-corrected chi connectivity index (χ3v) is 4.05. The predicted molar refractivity (Wildman–Crippen MR) is 87.8 cm³/mol. The van der Waals surface area contributed by atoms with Gasteiger partial charge in [-0.05, 0) is 38.4 Å². The average molecular weight is 292 g/mol. The van der Waals surface area contributed by atoms with E-state index in [1.807, 2.05) is 12.1 Å². The molecule has 0 aromatic carbocycles. The summed E-state index contributed by atoms with van der Waals surface area (Å²) in [6.45, 7) is 4.63. The summed E-state index contributed by atoms with van der Waals surface area (Å²) in [6, 6.07) is 4.51. The number of anilines is 2. The number of hydrogen-bond acceptors (Lipinski definition) is 5. The summed E-state index contributed by atoms with van der Waals surface area (Å²) < 4.78 is 5.55. The molecule has 3 N–H and O–H groups in total. The maximum atomic E-state index is 5.87. The number of rotatable bonds is 8. The topological polar surface area (TPSA) is 63.4 Å². The van der Waals surface area contributed by atoms with Crippen molar-refractivity contribution in [1.82, 2.24) is 9.88 Å². The van der Waals surface area contributed by atoms with Crippen LogP contribution >= 0.6 is 0 Å². The molecule has 1 aromatic rings. The van der Waals surface area contributed by atoms with Crippen LogP contribution < -0.4 is 15.8 Å². The molecule has 0 bridgehead atoms. The number of aromatic nitrogens is 1. The van der Waals surface area contributed by atoms with Gasteiger partial charge < -0.3 is 20.7 Å². The minimum Gasteiger partial charge on any atom is -0.476 e. The molecule has 0 unspecified atom stereocenters. The first-order valence-corrected chi connectivity index (χ1v) is 8.04. The summed E-state index contributed by atoms with van der Waals surface area (Å²) >= 11 is 0. The molecule has 1 aromatic heterocycles. The van der Waals surface area contributed by atoms with Crippen LogP contribution in [0.5, 0.6) is 5.88 Å². The van der Waals surface area contributed by atoms with Gasteiger partial charge in [-0.25, -0.2) is 0 Å². The third kappa shape index (κ3) is 4.77. The van der Waals surface area contributed by atoms with E-state index >= 15 is 0 Å². The normalized spacial score (nSPS) is 15.6. The molecule has 21 heavy (non-hydrogen) atoms. The van der Waals surface area contributed by atoms with Gasteiger partial charge in [0.15, 0.2) is 0 Å². The van der Waals surface area contributed by atoms with E-state index in [9.17, 15) is 0 Å². The molecule has 2 rings (SSSR count). The lowest BCUT2D eigenvalue weighted by Gasteiger charge is -2.24. The lowest BCUT2D eigenvalue weighted by Crippen LogP contribution is -2.33. The van der Waals surface area contributed by atoms with E-state index in [4.69, 9.17) is 10.5 Å². The molecule has 1 saturated carbocycles. The van der Waals surface area contributed by atoms with Crippen LogP contribution in [0, 0.1) is 0 Å². The highest BCUT2D eigenvalue weighted by Crippen LogP contribution is 2.23. The van der Waals surface area contributed by atoms with E-state index < -0.39 is 0 Å². The Kier molecular flexibility index (Phi) is 6.11. The molecule has 1 heterocycles. The second-order valence-electron chi connectivity index (χ2n) is 5.78. The summed E-state index contributed by atoms with van der Waals surface area (Å²) in [6.07, 6.45) is 6.38. The van der Waals surface area contributed by atoms with Gasteiger partial charge in [0.25, 0.3) is 0 Å². The molecule has 0 radical (unpaired) electrons. The molecule has 118 valence electrons. The van der Waals surface area contributed by atoms with Crippen molar-refractivity contribution in [1.29, 1.82) is 0 Å². The van der Waals surface area contributed by atoms with E-state index in [1.54, 1.807) is 0 Å². The zero-order chi connectivity index (χ0) is 15.1. The minimum atomic E-state index is 0.533. The molecular formula is C16H28N4O. The molecule has 1 aliphatic carbocycles. The number of hydrogen-bond donors (Lipinski definition) is 2. The fourth-order valence-corrected chi connectivity index (χ4v) is 2.75. The summed E-state index contributed by atoms with van der Waals surface area (Å²) in [7, 11) is 2.21. The van der Waals surface area contributed by atoms with E-state index in [1.165, 1.54) is 25.7 Å². The zero-order valence-electron chi connectivity index (χ0n) is 13.3. The Morgan fingerprint density at radius 2 is 2.14 bits per heavy atom. The molecule has 0 amide bonds. The highest BCUT2D eigenvalue weighted by Gasteiger charge is 2.18. The Balaban J connectivity index is 1.79. The molecule has 1 aliphatic rings. The maximum absolute atomic E-state index is 5.87. The van der Waals surface area contributed by atoms with Crippen LogP contribution in [0.4, 0.5) is 11.5 Å². The number of likely N-dealkylation sites (N-methyl/N-ethyl adjacent to an activating group) is 1. The molecule has 0 aliphatic heterocycles. The molecule has 5 heteroatoms. The first-order valence-electron chi connectivity index (χ1n) is 8.04. The highest BCUT2D eigenvalue weighted by atomic mass is 16.5. The van der Waals surface area contributed by atoms with Gasteiger partial charge >= 0.3 is 0 Å². The van der Waals surface area contributed by atoms with E-state index in [-0.39, 0.29) is 0 Å². The van der Waals surface area contributed by atoms with Crippen molar-refractivity contribution >= 4 is 11.5 Å². The molecule has 0 saturated heterocycles. The Morgan fingerprint density at radius 1 is 1.38 bits per heavy atom. The van der Waals surface area contributed by atoms with Gasteiger partial charge in [0, 0.05) is 19.1 Å². The summed E-state index contributed by atoms with van der Waals surface area (Å²) in [5.74, 6) is 1.36. The predicted octanol–water partition coefficient (Wildman–Crippen LogP) is 2.74. The van der Waals surface area contributed by atoms with Crippen LogP contribution in [0.2, 0.25) is 0 Å². The number of pyridine rings is 1. The van der Waals surface area contributed by atoms with Crippen molar-refractivity contribution < 1.29 is 4.74 Å². The lowest BCUT2D eigenvalue weighted by molar-refractivity contribution is 0.254. The number of nitrogens with one attached hydrogen (secondary N) is 1. The maximum Gasteiger partial charge on any atom is 0.239 e. The van der Waals surface area contributed by atoms with Gasteiger partial charge in [0.1, 0.15) is 5.82 Å². The summed E-state index contributed by atoms with van der Waals surface area (Å²) in [5, 5.41) is 3.35. The monoisotopic (exact) mass is 292 g/mol. The molecule has 5 nitrogen and oxygen atoms in total. The Bertz CT molecular complexity index is 432. The van der Waals surface area contributed by atoms with Crippen LogP contribution in [0.3, 0.4) is 0 Å². The number of ether oxygens (including phenoxy) is 1. The highest BCUT2D eigenvalue weighted by molar-refractivity contribution is 5.53. The first-order chi connectivity index (χ1) is 10.2. The van der Waals surface area contributed by atoms with Crippen LogP contribution in [0.25, 0.3) is 0 Å². The summed E-state index contributed by atoms with van der Waals surface area (Å²) in [4.78, 5) is 6.88. The van der Waals surface area contributed by atoms with Crippen molar-refractivity contribution in [2.24, 2.45) is 0 Å². The van der Waals surface area contributed by atoms with E-state index in [0.717, 1.165) is 31.4 Å². The lowest BCUT2D eigenvalue weighted by atomic mass is 10.2. The van der Waals surface area contributed by atoms with Gasteiger partial charge in [0.2, 0.25) is 5.88 Å². The quantitative estimate of drug-likeness (QED) is 0.771. The van der Waals surface area contributed by atoms with Crippen LogP contribution in [-0.4, -0.2) is 42.7 Å². The van der Waals surface area contributed by atoms with E-state index in [0.29, 0.717) is 18.2 Å². The van der Waals surface area contributed by atoms with Crippen molar-refractivity contribution in [2.45, 2.75) is 45.1 Å². The average Bonchev–Trinajstić information content (AvgIpc) is 3.02. The molecule has 0 spiro atoms. The standard InChI is InChI=1S/C16H28N4O/c1-3-12-21-16-14(17)8-9-15(19-16)18-10-11-20(2)13-6-4-5-7-13/h8-9,13H,3-7,10-12,17H2,1-2H3,(H,18,19). The van der Waals surface area contributed by atoms with Gasteiger partial charge in [0.05, 0.1) is 12.3 Å². The van der Waals surface area contributed by atoms with Crippen molar-refractivity contribution in [2.75, 3.05) is 37.8 Å². The van der Waals surface area contributed by atoms with Crippen LogP contribution in [0.15, 0.2) is 12.1 Å². The zero-order valence-corrected chi connectivity index (χ0v) is 13.3. The van der Waals surface area contributed by atoms with Gasteiger partial charge in [-0.15, -0.1) is 0 Å². The van der Waals surface area contributed by atoms with Crippen molar-refractivity contribution in [3.63, 3.8) is 0 Å². The smallest absolute Gasteiger partial charge is 0.239 e. The van der Waals surface area contributed by atoms with Crippen LogP contribution in [-0.2, 0) is 0 Å². The Hall–Kier alpha value is -1.49. The fraction of sp³-hybridized carbons (Fsp3) is 0.688. The Labute approximate surface area is 127 Å². The number of nitrogen functional groups attached to an aromatic ring is 1. The number of nitrogens with two attached hydrogens (primary N) is 1. The summed E-state index contributed by atoms with van der Waals surface area (Å²) in [5.41, 5.74) is 6.46. The second kappa shape index (κ2) is 8.08. The van der Waals surface area contributed by atoms with Crippen molar-refractivity contribution in [3.8, 4) is 5.88 Å². The molecular weight excluding hydrogens is 264 g/mol. The van der Waals surface area contributed by atoms with Gasteiger partial charge in [-0.3, -0.25) is 0 Å². The number of nitrogens with zero attached hydrogens (tertiary/aromatic N) is 2. The van der Waals surface area contributed by atoms with Gasteiger partial charge in [-0.2, -0.15) is 4.98 Å². The molecule has 1 fully saturated rings. The molecule has 0 atom stereocenters.